The number of nitrogens with zero attached hydrogens (tertiary/aromatic N) is 1. The topological polar surface area (TPSA) is 87.7 Å². The minimum atomic E-state index is -1.19. The van der Waals surface area contributed by atoms with Gasteiger partial charge in [0.1, 0.15) is 17.8 Å². The predicted molar refractivity (Wildman–Crippen MR) is 110 cm³/mol. The van der Waals surface area contributed by atoms with E-state index in [1.54, 1.807) is 31.4 Å². The second-order valence-corrected chi connectivity index (χ2v) is 7.18. The van der Waals surface area contributed by atoms with Crippen molar-refractivity contribution in [3.8, 4) is 5.75 Å². The molecule has 4 amide bonds. The fraction of sp³-hybridized carbons (Fsp3) is 0.318. The van der Waals surface area contributed by atoms with Gasteiger partial charge in [-0.1, -0.05) is 36.8 Å². The number of carbonyl (C=O) groups excluding carboxylic acids is 3. The number of anilines is 1. The Labute approximate surface area is 170 Å². The van der Waals surface area contributed by atoms with Gasteiger partial charge >= 0.3 is 6.03 Å². The first-order valence-corrected chi connectivity index (χ1v) is 9.46. The number of amides is 4. The van der Waals surface area contributed by atoms with Crippen LogP contribution >= 0.6 is 0 Å². The minimum absolute atomic E-state index is 0.351. The van der Waals surface area contributed by atoms with Gasteiger partial charge in [0, 0.05) is 5.69 Å². The molecule has 152 valence electrons. The smallest absolute Gasteiger partial charge is 0.325 e. The first kappa shape index (κ1) is 20.4. The van der Waals surface area contributed by atoms with Crippen molar-refractivity contribution in [2.75, 3.05) is 19.0 Å². The van der Waals surface area contributed by atoms with Gasteiger partial charge in [0.25, 0.3) is 5.91 Å². The van der Waals surface area contributed by atoms with Gasteiger partial charge in [-0.2, -0.15) is 0 Å². The number of benzene rings is 2. The van der Waals surface area contributed by atoms with E-state index in [0.29, 0.717) is 23.4 Å². The Bertz CT molecular complexity index is 955. The number of hydrogen-bond acceptors (Lipinski definition) is 4. The summed E-state index contributed by atoms with van der Waals surface area (Å²) >= 11 is 0. The number of ether oxygens (including phenoxy) is 1. The van der Waals surface area contributed by atoms with Gasteiger partial charge in [-0.3, -0.25) is 14.5 Å². The molecule has 0 saturated carbocycles. The molecule has 1 heterocycles. The summed E-state index contributed by atoms with van der Waals surface area (Å²) in [4.78, 5) is 39.2. The van der Waals surface area contributed by atoms with Crippen molar-refractivity contribution >= 4 is 23.5 Å². The van der Waals surface area contributed by atoms with Crippen LogP contribution in [0.4, 0.5) is 10.5 Å². The fourth-order valence-corrected chi connectivity index (χ4v) is 3.57. The fourth-order valence-electron chi connectivity index (χ4n) is 3.57. The third kappa shape index (κ3) is 3.81. The highest BCUT2D eigenvalue weighted by molar-refractivity contribution is 6.10. The van der Waals surface area contributed by atoms with Crippen LogP contribution in [0.2, 0.25) is 0 Å². The molecule has 0 spiro atoms. The standard InChI is InChI=1S/C22H25N3O4/c1-5-22(16-7-9-17(29-4)10-8-16)20(27)25(21(28)24-22)13-19(26)23-18-11-6-14(2)12-15(18)3/h6-12H,5,13H2,1-4H3,(H,23,26)(H,24,28)/t22-/m1/s1. The Hall–Kier alpha value is -3.35. The van der Waals surface area contributed by atoms with Gasteiger partial charge in [-0.25, -0.2) is 4.79 Å². The van der Waals surface area contributed by atoms with Gasteiger partial charge in [-0.05, 0) is 49.6 Å². The van der Waals surface area contributed by atoms with Crippen LogP contribution in [0.5, 0.6) is 5.75 Å². The zero-order chi connectivity index (χ0) is 21.2. The van der Waals surface area contributed by atoms with Crippen molar-refractivity contribution < 1.29 is 19.1 Å². The van der Waals surface area contributed by atoms with Gasteiger partial charge in [0.2, 0.25) is 5.91 Å². The van der Waals surface area contributed by atoms with Crippen molar-refractivity contribution in [3.05, 3.63) is 59.2 Å². The van der Waals surface area contributed by atoms with Crippen LogP contribution in [-0.4, -0.2) is 36.4 Å². The van der Waals surface area contributed by atoms with E-state index in [4.69, 9.17) is 4.74 Å². The van der Waals surface area contributed by atoms with E-state index in [9.17, 15) is 14.4 Å². The van der Waals surface area contributed by atoms with E-state index in [1.807, 2.05) is 39.0 Å². The van der Waals surface area contributed by atoms with Gasteiger partial charge in [0.05, 0.1) is 7.11 Å². The molecular formula is C22H25N3O4. The van der Waals surface area contributed by atoms with Gasteiger partial charge in [-0.15, -0.1) is 0 Å². The minimum Gasteiger partial charge on any atom is -0.497 e. The number of methoxy groups -OCH3 is 1. The first-order chi connectivity index (χ1) is 13.8. The lowest BCUT2D eigenvalue weighted by atomic mass is 9.87. The summed E-state index contributed by atoms with van der Waals surface area (Å²) in [7, 11) is 1.56. The SMILES string of the molecule is CC[C@]1(c2ccc(OC)cc2)NC(=O)N(CC(=O)Nc2ccc(C)cc2C)C1=O. The van der Waals surface area contributed by atoms with Crippen LogP contribution in [-0.2, 0) is 15.1 Å². The van der Waals surface area contributed by atoms with Crippen molar-refractivity contribution in [1.29, 1.82) is 0 Å². The molecule has 7 nitrogen and oxygen atoms in total. The van der Waals surface area contributed by atoms with Crippen LogP contribution in [0, 0.1) is 13.8 Å². The third-order valence-corrected chi connectivity index (χ3v) is 5.25. The van der Waals surface area contributed by atoms with Crippen molar-refractivity contribution in [3.63, 3.8) is 0 Å². The second kappa shape index (κ2) is 7.95. The molecule has 0 aliphatic carbocycles. The van der Waals surface area contributed by atoms with Crippen molar-refractivity contribution in [1.82, 2.24) is 10.2 Å². The lowest BCUT2D eigenvalue weighted by molar-refractivity contribution is -0.134. The molecule has 0 aromatic heterocycles. The highest BCUT2D eigenvalue weighted by atomic mass is 16.5. The number of imide groups is 1. The Kier molecular flexibility index (Phi) is 5.59. The molecule has 3 rings (SSSR count). The molecule has 1 fully saturated rings. The van der Waals surface area contributed by atoms with Gasteiger partial charge < -0.3 is 15.4 Å². The van der Waals surface area contributed by atoms with Crippen molar-refractivity contribution in [2.24, 2.45) is 0 Å². The Morgan fingerprint density at radius 3 is 2.41 bits per heavy atom. The van der Waals surface area contributed by atoms with Crippen LogP contribution in [0.1, 0.15) is 30.0 Å². The number of aryl methyl sites for hydroxylation is 2. The molecule has 29 heavy (non-hydrogen) atoms. The zero-order valence-corrected chi connectivity index (χ0v) is 17.0. The second-order valence-electron chi connectivity index (χ2n) is 7.18. The highest BCUT2D eigenvalue weighted by Gasteiger charge is 2.51. The Morgan fingerprint density at radius 1 is 1.14 bits per heavy atom. The molecule has 2 aromatic rings. The van der Waals surface area contributed by atoms with E-state index >= 15 is 0 Å². The van der Waals surface area contributed by atoms with E-state index in [-0.39, 0.29) is 6.54 Å². The van der Waals surface area contributed by atoms with E-state index in [2.05, 4.69) is 10.6 Å². The maximum Gasteiger partial charge on any atom is 0.325 e. The van der Waals surface area contributed by atoms with Crippen LogP contribution in [0.25, 0.3) is 0 Å². The predicted octanol–water partition coefficient (Wildman–Crippen LogP) is 3.11. The largest absolute Gasteiger partial charge is 0.497 e. The van der Waals surface area contributed by atoms with E-state index < -0.39 is 23.4 Å². The molecule has 2 aromatic carbocycles. The monoisotopic (exact) mass is 395 g/mol. The lowest BCUT2D eigenvalue weighted by Crippen LogP contribution is -2.44. The Balaban J connectivity index is 1.79. The molecule has 0 unspecified atom stereocenters. The Morgan fingerprint density at radius 2 is 1.83 bits per heavy atom. The molecule has 7 heteroatoms. The van der Waals surface area contributed by atoms with Crippen LogP contribution in [0.15, 0.2) is 42.5 Å². The first-order valence-electron chi connectivity index (χ1n) is 9.46. The average molecular weight is 395 g/mol. The average Bonchev–Trinajstić information content (AvgIpc) is 2.95. The normalized spacial score (nSPS) is 18.6. The summed E-state index contributed by atoms with van der Waals surface area (Å²) in [6, 6.07) is 12.0. The molecular weight excluding hydrogens is 370 g/mol. The summed E-state index contributed by atoms with van der Waals surface area (Å²) in [5.74, 6) is -0.213. The van der Waals surface area contributed by atoms with Gasteiger partial charge in [0.15, 0.2) is 0 Å². The summed E-state index contributed by atoms with van der Waals surface area (Å²) < 4.78 is 5.16. The summed E-state index contributed by atoms with van der Waals surface area (Å²) in [5, 5.41) is 5.55. The number of urea groups is 1. The number of rotatable bonds is 6. The molecule has 1 aliphatic rings. The molecule has 0 bridgehead atoms. The molecule has 0 radical (unpaired) electrons. The zero-order valence-electron chi connectivity index (χ0n) is 17.0. The lowest BCUT2D eigenvalue weighted by Gasteiger charge is -2.26. The maximum absolute atomic E-state index is 13.2. The summed E-state index contributed by atoms with van der Waals surface area (Å²) in [6.07, 6.45) is 0.360. The number of nitrogens with one attached hydrogen (secondary N) is 2. The van der Waals surface area contributed by atoms with E-state index in [1.165, 1.54) is 0 Å². The van der Waals surface area contributed by atoms with E-state index in [0.717, 1.165) is 16.0 Å². The molecule has 1 aliphatic heterocycles. The summed E-state index contributed by atoms with van der Waals surface area (Å²) in [6.45, 7) is 5.33. The quantitative estimate of drug-likeness (QED) is 0.736. The molecule has 1 atom stereocenters. The third-order valence-electron chi connectivity index (χ3n) is 5.25. The van der Waals surface area contributed by atoms with Crippen LogP contribution < -0.4 is 15.4 Å². The maximum atomic E-state index is 13.2. The van der Waals surface area contributed by atoms with Crippen LogP contribution in [0.3, 0.4) is 0 Å². The van der Waals surface area contributed by atoms with Crippen molar-refractivity contribution in [2.45, 2.75) is 32.7 Å². The summed E-state index contributed by atoms with van der Waals surface area (Å²) in [5.41, 5.74) is 2.11. The molecule has 2 N–H and O–H groups in total. The highest BCUT2D eigenvalue weighted by Crippen LogP contribution is 2.33. The molecule has 1 saturated heterocycles. The number of hydrogen-bond donors (Lipinski definition) is 2. The number of carbonyl (C=O) groups is 3.